The second-order valence-electron chi connectivity index (χ2n) is 4.27. The van der Waals surface area contributed by atoms with E-state index < -0.39 is 18.4 Å². The zero-order chi connectivity index (χ0) is 9.90. The Hall–Kier alpha value is -0.311. The maximum atomic E-state index is 10.2. The average Bonchev–Trinajstić information content (AvgIpc) is 2.04. The Morgan fingerprint density at radius 2 is 2.00 bits per heavy atom. The predicted molar refractivity (Wildman–Crippen MR) is 58.8 cm³/mol. The van der Waals surface area contributed by atoms with Crippen LogP contribution in [0.1, 0.15) is 5.56 Å². The van der Waals surface area contributed by atoms with Gasteiger partial charge in [0.15, 0.2) is 0 Å². The summed E-state index contributed by atoms with van der Waals surface area (Å²) in [5, 5.41) is 0. The van der Waals surface area contributed by atoms with Crippen LogP contribution in [0, 0.1) is 0 Å². The molecule has 0 aliphatic carbocycles. The molecule has 1 radical (unpaired) electrons. The summed E-state index contributed by atoms with van der Waals surface area (Å²) in [7, 11) is 0. The third kappa shape index (κ3) is 3.14. The van der Waals surface area contributed by atoms with Crippen molar-refractivity contribution in [2.75, 3.05) is 0 Å². The molecular weight excluding hydrogens is 267 g/mol. The Balaban J connectivity index is 2.98. The van der Waals surface area contributed by atoms with Crippen molar-refractivity contribution in [2.45, 2.75) is 21.2 Å². The van der Waals surface area contributed by atoms with E-state index in [1.54, 1.807) is 0 Å². The first-order valence-corrected chi connectivity index (χ1v) is 14.5. The molecular formula is C11H15OSn. The Kier molecular flexibility index (Phi) is 3.54. The Bertz CT molecular complexity index is 299. The molecule has 0 aliphatic rings. The first-order chi connectivity index (χ1) is 6.04. The predicted octanol–water partition coefficient (Wildman–Crippen LogP) is 1.88. The van der Waals surface area contributed by atoms with Gasteiger partial charge in [-0.1, -0.05) is 0 Å². The zero-order valence-corrected chi connectivity index (χ0v) is 11.3. The van der Waals surface area contributed by atoms with Crippen molar-refractivity contribution in [3.63, 3.8) is 0 Å². The van der Waals surface area contributed by atoms with E-state index >= 15 is 0 Å². The van der Waals surface area contributed by atoms with Crippen LogP contribution in [0.2, 0.25) is 14.8 Å². The fourth-order valence-electron chi connectivity index (χ4n) is 1.23. The summed E-state index contributed by atoms with van der Waals surface area (Å²) in [5.74, 6) is 0. The molecule has 1 nitrogen and oxygen atoms in total. The number of hydrogen-bond acceptors (Lipinski definition) is 1. The van der Waals surface area contributed by atoms with Crippen molar-refractivity contribution in [3.05, 3.63) is 29.8 Å². The van der Waals surface area contributed by atoms with E-state index in [4.69, 9.17) is 0 Å². The molecule has 1 aromatic rings. The normalized spacial score (nSPS) is 11.3. The summed E-state index contributed by atoms with van der Waals surface area (Å²) < 4.78 is 1.47. The van der Waals surface area contributed by atoms with Gasteiger partial charge >= 0.3 is 84.1 Å². The SMILES string of the molecule is [CH3][Sn]([CH3])([CH3])[c]1cccc(C[C]=O)c1. The summed E-state index contributed by atoms with van der Waals surface area (Å²) in [6, 6.07) is 8.39. The number of benzene rings is 1. The Morgan fingerprint density at radius 3 is 2.54 bits per heavy atom. The fraction of sp³-hybridized carbons (Fsp3) is 0.364. The van der Waals surface area contributed by atoms with E-state index in [2.05, 4.69) is 27.0 Å². The maximum absolute atomic E-state index is 10.2. The Morgan fingerprint density at radius 1 is 1.31 bits per heavy atom. The van der Waals surface area contributed by atoms with Crippen LogP contribution in [0.4, 0.5) is 0 Å². The molecule has 0 aromatic heterocycles. The molecule has 0 fully saturated rings. The van der Waals surface area contributed by atoms with Crippen LogP contribution in [-0.4, -0.2) is 24.7 Å². The van der Waals surface area contributed by atoms with Crippen molar-refractivity contribution in [1.29, 1.82) is 0 Å². The molecule has 0 bridgehead atoms. The topological polar surface area (TPSA) is 17.1 Å². The van der Waals surface area contributed by atoms with Crippen molar-refractivity contribution in [2.24, 2.45) is 0 Å². The van der Waals surface area contributed by atoms with Crippen LogP contribution < -0.4 is 3.58 Å². The van der Waals surface area contributed by atoms with Gasteiger partial charge in [0.1, 0.15) is 0 Å². The molecule has 0 saturated heterocycles. The molecule has 0 atom stereocenters. The molecule has 0 unspecified atom stereocenters. The second kappa shape index (κ2) is 4.27. The van der Waals surface area contributed by atoms with Gasteiger partial charge in [0.05, 0.1) is 0 Å². The fourth-order valence-corrected chi connectivity index (χ4v) is 4.70. The van der Waals surface area contributed by atoms with E-state index in [0.29, 0.717) is 6.42 Å². The second-order valence-corrected chi connectivity index (χ2v) is 18.8. The van der Waals surface area contributed by atoms with Gasteiger partial charge in [-0.25, -0.2) is 0 Å². The number of hydrogen-bond donors (Lipinski definition) is 0. The van der Waals surface area contributed by atoms with Gasteiger partial charge in [-0.15, -0.1) is 0 Å². The van der Waals surface area contributed by atoms with Crippen molar-refractivity contribution in [1.82, 2.24) is 0 Å². The van der Waals surface area contributed by atoms with E-state index in [9.17, 15) is 4.79 Å². The first-order valence-electron chi connectivity index (χ1n) is 4.48. The van der Waals surface area contributed by atoms with Crippen molar-refractivity contribution < 1.29 is 4.79 Å². The summed E-state index contributed by atoms with van der Waals surface area (Å²) in [4.78, 5) is 17.3. The van der Waals surface area contributed by atoms with E-state index in [-0.39, 0.29) is 0 Å². The minimum atomic E-state index is -1.93. The number of carbonyl (C=O) groups excluding carboxylic acids is 1. The van der Waals surface area contributed by atoms with E-state index in [0.717, 1.165) is 5.56 Å². The quantitative estimate of drug-likeness (QED) is 0.774. The Labute approximate surface area is 84.0 Å². The van der Waals surface area contributed by atoms with Crippen LogP contribution >= 0.6 is 0 Å². The molecule has 0 heterocycles. The van der Waals surface area contributed by atoms with Gasteiger partial charge in [0, 0.05) is 0 Å². The van der Waals surface area contributed by atoms with Crippen LogP contribution in [-0.2, 0) is 11.2 Å². The molecule has 1 aromatic carbocycles. The minimum absolute atomic E-state index is 0.426. The van der Waals surface area contributed by atoms with E-state index in [1.165, 1.54) is 3.58 Å². The molecule has 2 heteroatoms. The summed E-state index contributed by atoms with van der Waals surface area (Å²) >= 11 is -1.93. The molecule has 13 heavy (non-hydrogen) atoms. The van der Waals surface area contributed by atoms with Crippen LogP contribution in [0.15, 0.2) is 24.3 Å². The van der Waals surface area contributed by atoms with Crippen LogP contribution in [0.5, 0.6) is 0 Å². The average molecular weight is 282 g/mol. The monoisotopic (exact) mass is 283 g/mol. The molecule has 1 rings (SSSR count). The summed E-state index contributed by atoms with van der Waals surface area (Å²) in [5.41, 5.74) is 1.10. The number of rotatable bonds is 3. The van der Waals surface area contributed by atoms with E-state index in [1.807, 2.05) is 18.4 Å². The molecule has 69 valence electrons. The van der Waals surface area contributed by atoms with Crippen LogP contribution in [0.3, 0.4) is 0 Å². The van der Waals surface area contributed by atoms with Gasteiger partial charge in [-0.2, -0.15) is 0 Å². The third-order valence-electron chi connectivity index (χ3n) is 2.07. The van der Waals surface area contributed by atoms with Gasteiger partial charge in [-0.05, 0) is 0 Å². The van der Waals surface area contributed by atoms with Crippen molar-refractivity contribution >= 4 is 28.2 Å². The first kappa shape index (κ1) is 10.8. The standard InChI is InChI=1S/C8H6O.3CH3.Sn/c9-7-6-8-4-2-1-3-5-8;;;;/h1-2,4-5H,6H2;3*1H3;. The van der Waals surface area contributed by atoms with Gasteiger partial charge < -0.3 is 0 Å². The van der Waals surface area contributed by atoms with Gasteiger partial charge in [0.2, 0.25) is 0 Å². The molecule has 0 spiro atoms. The summed E-state index contributed by atoms with van der Waals surface area (Å²) in [6.45, 7) is 0. The molecule has 0 aliphatic heterocycles. The van der Waals surface area contributed by atoms with Crippen LogP contribution in [0.25, 0.3) is 0 Å². The summed E-state index contributed by atoms with van der Waals surface area (Å²) in [6.07, 6.45) is 2.36. The zero-order valence-electron chi connectivity index (χ0n) is 8.42. The van der Waals surface area contributed by atoms with Crippen molar-refractivity contribution in [3.8, 4) is 0 Å². The molecule has 0 amide bonds. The molecule has 0 saturated carbocycles. The van der Waals surface area contributed by atoms with Gasteiger partial charge in [0.25, 0.3) is 0 Å². The third-order valence-corrected chi connectivity index (χ3v) is 7.90. The van der Waals surface area contributed by atoms with Gasteiger partial charge in [-0.3, -0.25) is 0 Å². The molecule has 0 N–H and O–H groups in total.